The monoisotopic (exact) mass is 949 g/mol. The van der Waals surface area contributed by atoms with Gasteiger partial charge in [-0.3, -0.25) is 29.8 Å². The van der Waals surface area contributed by atoms with Gasteiger partial charge in [0.25, 0.3) is 11.8 Å². The molecule has 71 heavy (non-hydrogen) atoms. The number of carbonyl (C=O) groups excluding carboxylic acids is 2. The average Bonchev–Trinajstić information content (AvgIpc) is 4.13. The van der Waals surface area contributed by atoms with E-state index in [-0.39, 0.29) is 23.6 Å². The van der Waals surface area contributed by atoms with Gasteiger partial charge in [0.2, 0.25) is 0 Å². The second-order valence-corrected chi connectivity index (χ2v) is 17.1. The van der Waals surface area contributed by atoms with Crippen LogP contribution in [0.15, 0.2) is 110 Å². The Hall–Kier alpha value is -9.20. The minimum atomic E-state index is -0.311. The molecule has 0 radical (unpaired) electrons. The van der Waals surface area contributed by atoms with Crippen LogP contribution in [0, 0.1) is 34.6 Å². The largest absolute Gasteiger partial charge is 0.494 e. The molecular weight excluding hydrogens is 899 g/mol. The number of hydrogen-bond donors (Lipinski definition) is 6. The average molecular weight is 950 g/mol. The van der Waals surface area contributed by atoms with Gasteiger partial charge in [-0.15, -0.1) is 0 Å². The summed E-state index contributed by atoms with van der Waals surface area (Å²) in [6.45, 7) is 12.2. The molecule has 1 aromatic carbocycles. The van der Waals surface area contributed by atoms with E-state index in [9.17, 15) is 9.59 Å². The highest BCUT2D eigenvalue weighted by Gasteiger charge is 2.18. The molecule has 0 saturated carbocycles. The van der Waals surface area contributed by atoms with E-state index in [2.05, 4.69) is 76.7 Å². The van der Waals surface area contributed by atoms with Gasteiger partial charge in [0, 0.05) is 89.5 Å². The number of nitrogens with zero attached hydrogens (tertiary/aromatic N) is 11. The van der Waals surface area contributed by atoms with Crippen LogP contribution >= 0.6 is 0 Å². The summed E-state index contributed by atoms with van der Waals surface area (Å²) in [6, 6.07) is 23.9. The number of pyridine rings is 3. The molecule has 0 aliphatic carbocycles. The maximum absolute atomic E-state index is 13.4. The Morgan fingerprint density at radius 2 is 1.41 bits per heavy atom. The van der Waals surface area contributed by atoms with Crippen LogP contribution < -0.4 is 26.0 Å². The van der Waals surface area contributed by atoms with Gasteiger partial charge in [-0.05, 0) is 113 Å². The molecule has 0 bridgehead atoms. The normalized spacial score (nSPS) is 11.5. The number of benzene rings is 1. The first kappa shape index (κ1) is 46.9. The van der Waals surface area contributed by atoms with Crippen molar-refractivity contribution in [2.24, 2.45) is 0 Å². The first-order valence-corrected chi connectivity index (χ1v) is 22.9. The Bertz CT molecular complexity index is 3310. The summed E-state index contributed by atoms with van der Waals surface area (Å²) in [5.41, 5.74) is 8.85. The first-order chi connectivity index (χ1) is 34.4. The lowest BCUT2D eigenvalue weighted by atomic mass is 10.1. The quantitative estimate of drug-likeness (QED) is 0.0447. The second-order valence-electron chi connectivity index (χ2n) is 17.1. The minimum Gasteiger partial charge on any atom is -0.494 e. The van der Waals surface area contributed by atoms with Crippen molar-refractivity contribution in [1.29, 1.82) is 0 Å². The van der Waals surface area contributed by atoms with E-state index < -0.39 is 0 Å². The Balaban J connectivity index is 0.713. The van der Waals surface area contributed by atoms with Gasteiger partial charge >= 0.3 is 0 Å². The second kappa shape index (κ2) is 21.0. The third-order valence-electron chi connectivity index (χ3n) is 11.2. The molecule has 1 atom stereocenters. The number of anilines is 4. The summed E-state index contributed by atoms with van der Waals surface area (Å²) >= 11 is 0. The molecule has 20 heteroatoms. The molecular formula is C51H51N17O3. The van der Waals surface area contributed by atoms with Crippen molar-refractivity contribution in [3.63, 3.8) is 0 Å². The van der Waals surface area contributed by atoms with E-state index in [1.54, 1.807) is 41.6 Å². The fourth-order valence-electron chi connectivity index (χ4n) is 7.54. The summed E-state index contributed by atoms with van der Waals surface area (Å²) in [7, 11) is 0. The SMILES string of the molecule is Cc1cnn(-c2ccc(CNC(=O)c3ccc(-c4nc(C)cc(Nc5cc(CCCOc6ccc([C@H](C)NC(=O)c7ncc(-c8nc(C)cc(Nc9cc(C)[nH]n9)n8)cc7C)cc6)[nH]n5)n4)cn3)cn2)c1. The van der Waals surface area contributed by atoms with Gasteiger partial charge in [0.05, 0.1) is 18.8 Å². The number of hydrogen-bond acceptors (Lipinski definition) is 15. The molecule has 0 aliphatic heterocycles. The molecule has 0 fully saturated rings. The third kappa shape index (κ3) is 11.9. The molecule has 2 amide bonds. The van der Waals surface area contributed by atoms with Crippen molar-refractivity contribution in [3.05, 3.63) is 166 Å². The predicted molar refractivity (Wildman–Crippen MR) is 267 cm³/mol. The zero-order chi connectivity index (χ0) is 49.4. The molecule has 9 aromatic rings. The fraction of sp³-hybridized carbons (Fsp3) is 0.216. The van der Waals surface area contributed by atoms with E-state index in [4.69, 9.17) is 9.72 Å². The maximum atomic E-state index is 13.4. The number of rotatable bonds is 18. The zero-order valence-electron chi connectivity index (χ0n) is 39.9. The van der Waals surface area contributed by atoms with E-state index in [0.717, 1.165) is 51.6 Å². The van der Waals surface area contributed by atoms with Gasteiger partial charge in [-0.1, -0.05) is 18.2 Å². The smallest absolute Gasteiger partial charge is 0.270 e. The highest BCUT2D eigenvalue weighted by atomic mass is 16.5. The van der Waals surface area contributed by atoms with Gasteiger partial charge in [0.1, 0.15) is 28.8 Å². The van der Waals surface area contributed by atoms with Crippen LogP contribution in [0.1, 0.15) is 85.4 Å². The third-order valence-corrected chi connectivity index (χ3v) is 11.2. The molecule has 0 unspecified atom stereocenters. The lowest BCUT2D eigenvalue weighted by Gasteiger charge is -2.16. The van der Waals surface area contributed by atoms with E-state index in [1.165, 1.54) is 0 Å². The summed E-state index contributed by atoms with van der Waals surface area (Å²) in [4.78, 5) is 58.1. The number of aromatic nitrogens is 13. The Labute approximate surface area is 408 Å². The van der Waals surface area contributed by atoms with Crippen LogP contribution in [0.4, 0.5) is 23.3 Å². The van der Waals surface area contributed by atoms with Crippen molar-refractivity contribution in [2.45, 2.75) is 67.0 Å². The summed E-state index contributed by atoms with van der Waals surface area (Å²) < 4.78 is 7.75. The van der Waals surface area contributed by atoms with Crippen LogP contribution in [0.3, 0.4) is 0 Å². The van der Waals surface area contributed by atoms with Crippen molar-refractivity contribution in [3.8, 4) is 34.3 Å². The molecule has 358 valence electrons. The van der Waals surface area contributed by atoms with Crippen molar-refractivity contribution in [2.75, 3.05) is 17.2 Å². The van der Waals surface area contributed by atoms with Gasteiger partial charge in [-0.25, -0.2) is 29.6 Å². The number of ether oxygens (including phenoxy) is 1. The molecule has 8 heterocycles. The van der Waals surface area contributed by atoms with Gasteiger partial charge in [0.15, 0.2) is 29.1 Å². The number of carbonyl (C=O) groups is 2. The summed E-state index contributed by atoms with van der Waals surface area (Å²) in [5, 5.41) is 31.3. The highest BCUT2D eigenvalue weighted by Crippen LogP contribution is 2.25. The van der Waals surface area contributed by atoms with Crippen LogP contribution in [-0.4, -0.2) is 83.5 Å². The number of aromatic amines is 2. The van der Waals surface area contributed by atoms with Gasteiger partial charge < -0.3 is 26.0 Å². The van der Waals surface area contributed by atoms with Crippen molar-refractivity contribution >= 4 is 35.1 Å². The topological polar surface area (TPSA) is 257 Å². The number of H-pyrrole nitrogens is 2. The van der Waals surface area contributed by atoms with Crippen LogP contribution in [0.25, 0.3) is 28.6 Å². The molecule has 9 rings (SSSR count). The van der Waals surface area contributed by atoms with Crippen LogP contribution in [-0.2, 0) is 13.0 Å². The number of nitrogens with one attached hydrogen (secondary N) is 6. The van der Waals surface area contributed by atoms with Crippen LogP contribution in [0.5, 0.6) is 5.75 Å². The van der Waals surface area contributed by atoms with E-state index >= 15 is 0 Å². The molecule has 0 aliphatic rings. The highest BCUT2D eigenvalue weighted by molar-refractivity contribution is 5.94. The molecule has 6 N–H and O–H groups in total. The van der Waals surface area contributed by atoms with Crippen molar-refractivity contribution < 1.29 is 14.3 Å². The van der Waals surface area contributed by atoms with Gasteiger partial charge in [-0.2, -0.15) is 15.3 Å². The van der Waals surface area contributed by atoms with Crippen molar-refractivity contribution in [1.82, 2.24) is 75.7 Å². The Kier molecular flexibility index (Phi) is 13.9. The summed E-state index contributed by atoms with van der Waals surface area (Å²) in [6.07, 6.45) is 10.0. The van der Waals surface area contributed by atoms with Crippen LogP contribution in [0.2, 0.25) is 0 Å². The fourth-order valence-corrected chi connectivity index (χ4v) is 7.54. The van der Waals surface area contributed by atoms with E-state index in [1.807, 2.05) is 114 Å². The summed E-state index contributed by atoms with van der Waals surface area (Å²) in [5.74, 6) is 4.21. The lowest BCUT2D eigenvalue weighted by Crippen LogP contribution is -2.28. The molecule has 20 nitrogen and oxygen atoms in total. The Morgan fingerprint density at radius 1 is 0.690 bits per heavy atom. The Morgan fingerprint density at radius 3 is 2.06 bits per heavy atom. The molecule has 8 aromatic heterocycles. The van der Waals surface area contributed by atoms with E-state index in [0.29, 0.717) is 82.7 Å². The predicted octanol–water partition coefficient (Wildman–Crippen LogP) is 7.88. The molecule has 0 spiro atoms. The standard InChI is InChI=1S/C51H51N17O3/c1-29-23-56-68(28-29)46-16-9-35(24-53-46)25-55-50(69)41-15-12-37(26-52-41)48-57-31(3)19-43(62-48)61-45-22-39(65-67-45)8-7-17-71-40-13-10-36(11-14-40)34(6)59-51(70)47-30(2)18-38(27-54-47)49-58-32(4)20-42(63-49)60-44-21-33(5)64-66-44/h9-16,18-24,26-28,34H,7-8,17,25H2,1-6H3,(H,55,69)(H,59,70)(H2,57,61,62,65,67)(H2,58,60,63,64,66)/t34-/m0/s1. The zero-order valence-corrected chi connectivity index (χ0v) is 39.9. The number of aryl methyl sites for hydroxylation is 6. The lowest BCUT2D eigenvalue weighted by molar-refractivity contribution is 0.0930. The minimum absolute atomic E-state index is 0.269. The maximum Gasteiger partial charge on any atom is 0.270 e. The molecule has 0 saturated heterocycles. The number of amides is 2. The first-order valence-electron chi connectivity index (χ1n) is 22.9.